The molecule has 0 saturated heterocycles. The Hall–Kier alpha value is -3.64. The van der Waals surface area contributed by atoms with Crippen molar-refractivity contribution in [2.75, 3.05) is 6.61 Å². The van der Waals surface area contributed by atoms with Crippen molar-refractivity contribution in [3.63, 3.8) is 0 Å². The van der Waals surface area contributed by atoms with Crippen molar-refractivity contribution in [3.05, 3.63) is 95.3 Å². The highest BCUT2D eigenvalue weighted by molar-refractivity contribution is 5.94. The maximum atomic E-state index is 12.7. The van der Waals surface area contributed by atoms with E-state index in [1.807, 2.05) is 86.0 Å². The van der Waals surface area contributed by atoms with E-state index in [2.05, 4.69) is 5.32 Å². The highest BCUT2D eigenvalue weighted by Gasteiger charge is 2.21. The number of rotatable bonds is 8. The molecule has 2 N–H and O–H groups in total. The number of aryl methyl sites for hydroxylation is 2. The molecule has 1 amide bonds. The van der Waals surface area contributed by atoms with E-state index in [4.69, 9.17) is 9.72 Å². The second-order valence-corrected chi connectivity index (χ2v) is 8.32. The smallest absolute Gasteiger partial charge is 0.251 e. The number of aromatic nitrogens is 2. The van der Waals surface area contributed by atoms with Crippen LogP contribution in [0.25, 0.3) is 11.0 Å². The SMILES string of the molecule is Cc1cccc(C)c1OCC(O)Cn1c(C(C)NC(=O)c2ccccc2)nc2ccccc21. The summed E-state index contributed by atoms with van der Waals surface area (Å²) in [5.74, 6) is 1.32. The maximum Gasteiger partial charge on any atom is 0.251 e. The van der Waals surface area contributed by atoms with Crippen LogP contribution in [-0.2, 0) is 6.54 Å². The van der Waals surface area contributed by atoms with Gasteiger partial charge in [0.1, 0.15) is 24.3 Å². The van der Waals surface area contributed by atoms with E-state index in [0.29, 0.717) is 17.9 Å². The summed E-state index contributed by atoms with van der Waals surface area (Å²) >= 11 is 0. The number of amides is 1. The number of carbonyl (C=O) groups is 1. The normalized spacial score (nSPS) is 13.0. The Bertz CT molecular complexity index is 1230. The van der Waals surface area contributed by atoms with Gasteiger partial charge in [-0.25, -0.2) is 4.98 Å². The van der Waals surface area contributed by atoms with Gasteiger partial charge < -0.3 is 19.7 Å². The van der Waals surface area contributed by atoms with Gasteiger partial charge in [-0.2, -0.15) is 0 Å². The number of aliphatic hydroxyl groups is 1. The number of nitrogens with zero attached hydrogens (tertiary/aromatic N) is 2. The molecular formula is C27H29N3O3. The number of hydrogen-bond acceptors (Lipinski definition) is 4. The number of benzene rings is 3. The number of para-hydroxylation sites is 3. The second-order valence-electron chi connectivity index (χ2n) is 8.32. The summed E-state index contributed by atoms with van der Waals surface area (Å²) in [5, 5.41) is 13.9. The summed E-state index contributed by atoms with van der Waals surface area (Å²) < 4.78 is 7.92. The van der Waals surface area contributed by atoms with Gasteiger partial charge in [-0.15, -0.1) is 0 Å². The molecule has 1 heterocycles. The van der Waals surface area contributed by atoms with Gasteiger partial charge in [0.25, 0.3) is 5.91 Å². The topological polar surface area (TPSA) is 76.4 Å². The van der Waals surface area contributed by atoms with Crippen molar-refractivity contribution in [2.45, 2.75) is 39.5 Å². The fourth-order valence-electron chi connectivity index (χ4n) is 4.02. The molecule has 0 aliphatic rings. The summed E-state index contributed by atoms with van der Waals surface area (Å²) in [6.45, 7) is 6.34. The molecule has 0 aliphatic heterocycles. The number of nitrogens with one attached hydrogen (secondary N) is 1. The number of imidazole rings is 1. The van der Waals surface area contributed by atoms with Crippen LogP contribution in [0.15, 0.2) is 72.8 Å². The van der Waals surface area contributed by atoms with Crippen molar-refractivity contribution in [3.8, 4) is 5.75 Å². The second kappa shape index (κ2) is 9.88. The third-order valence-corrected chi connectivity index (χ3v) is 5.68. The average molecular weight is 444 g/mol. The molecule has 170 valence electrons. The van der Waals surface area contributed by atoms with Gasteiger partial charge in [0.05, 0.1) is 23.6 Å². The van der Waals surface area contributed by atoms with Crippen LogP contribution in [0.5, 0.6) is 5.75 Å². The first-order chi connectivity index (χ1) is 15.9. The van der Waals surface area contributed by atoms with E-state index in [0.717, 1.165) is 27.9 Å². The first kappa shape index (κ1) is 22.6. The lowest BCUT2D eigenvalue weighted by Gasteiger charge is -2.20. The summed E-state index contributed by atoms with van der Waals surface area (Å²) in [6.07, 6.45) is -0.752. The van der Waals surface area contributed by atoms with Gasteiger partial charge in [-0.1, -0.05) is 48.5 Å². The molecule has 6 nitrogen and oxygen atoms in total. The van der Waals surface area contributed by atoms with E-state index in [1.165, 1.54) is 0 Å². The van der Waals surface area contributed by atoms with Gasteiger partial charge in [-0.05, 0) is 56.2 Å². The highest BCUT2D eigenvalue weighted by atomic mass is 16.5. The lowest BCUT2D eigenvalue weighted by molar-refractivity contribution is 0.0902. The van der Waals surface area contributed by atoms with E-state index >= 15 is 0 Å². The van der Waals surface area contributed by atoms with Crippen molar-refractivity contribution in [1.29, 1.82) is 0 Å². The first-order valence-electron chi connectivity index (χ1n) is 11.1. The molecule has 6 heteroatoms. The summed E-state index contributed by atoms with van der Waals surface area (Å²) in [7, 11) is 0. The Labute approximate surface area is 193 Å². The molecule has 1 aromatic heterocycles. The third-order valence-electron chi connectivity index (χ3n) is 5.68. The zero-order valence-corrected chi connectivity index (χ0v) is 19.2. The number of ether oxygens (including phenoxy) is 1. The molecule has 0 radical (unpaired) electrons. The summed E-state index contributed by atoms with van der Waals surface area (Å²) in [4.78, 5) is 17.4. The minimum Gasteiger partial charge on any atom is -0.490 e. The third kappa shape index (κ3) is 5.07. The largest absolute Gasteiger partial charge is 0.490 e. The van der Waals surface area contributed by atoms with Crippen LogP contribution < -0.4 is 10.1 Å². The maximum absolute atomic E-state index is 12.7. The first-order valence-corrected chi connectivity index (χ1v) is 11.1. The Kier molecular flexibility index (Phi) is 6.75. The summed E-state index contributed by atoms with van der Waals surface area (Å²) in [6, 6.07) is 22.5. The summed E-state index contributed by atoms with van der Waals surface area (Å²) in [5.41, 5.74) is 4.38. The van der Waals surface area contributed by atoms with E-state index in [-0.39, 0.29) is 18.6 Å². The van der Waals surface area contributed by atoms with Crippen LogP contribution in [0.3, 0.4) is 0 Å². The van der Waals surface area contributed by atoms with Crippen LogP contribution in [-0.4, -0.2) is 33.3 Å². The fraction of sp³-hybridized carbons (Fsp3) is 0.259. The molecule has 3 aromatic carbocycles. The molecule has 0 fully saturated rings. The Morgan fingerprint density at radius 1 is 1.00 bits per heavy atom. The monoisotopic (exact) mass is 443 g/mol. The molecule has 0 spiro atoms. The van der Waals surface area contributed by atoms with Crippen LogP contribution in [0.2, 0.25) is 0 Å². The van der Waals surface area contributed by atoms with Crippen molar-refractivity contribution in [1.82, 2.24) is 14.9 Å². The van der Waals surface area contributed by atoms with Crippen molar-refractivity contribution >= 4 is 16.9 Å². The highest BCUT2D eigenvalue weighted by Crippen LogP contribution is 2.24. The number of hydrogen-bond donors (Lipinski definition) is 2. The standard InChI is InChI=1S/C27H29N3O3/c1-18-10-9-11-19(2)25(18)33-17-22(31)16-30-24-15-8-7-14-23(24)29-26(30)20(3)28-27(32)21-12-5-4-6-13-21/h4-15,20,22,31H,16-17H2,1-3H3,(H,28,32). The molecule has 2 unspecified atom stereocenters. The molecule has 0 saturated carbocycles. The molecule has 4 aromatic rings. The Balaban J connectivity index is 1.54. The molecule has 4 rings (SSSR count). The molecule has 33 heavy (non-hydrogen) atoms. The Morgan fingerprint density at radius 3 is 2.39 bits per heavy atom. The Morgan fingerprint density at radius 2 is 1.67 bits per heavy atom. The van der Waals surface area contributed by atoms with Crippen molar-refractivity contribution in [2.24, 2.45) is 0 Å². The van der Waals surface area contributed by atoms with Crippen molar-refractivity contribution < 1.29 is 14.6 Å². The van der Waals surface area contributed by atoms with Crippen LogP contribution in [0, 0.1) is 13.8 Å². The van der Waals surface area contributed by atoms with Gasteiger partial charge >= 0.3 is 0 Å². The molecule has 2 atom stereocenters. The lowest BCUT2D eigenvalue weighted by Crippen LogP contribution is -2.31. The minimum absolute atomic E-state index is 0.155. The predicted molar refractivity (Wildman–Crippen MR) is 129 cm³/mol. The number of fused-ring (bicyclic) bond motifs is 1. The fourth-order valence-corrected chi connectivity index (χ4v) is 4.02. The quantitative estimate of drug-likeness (QED) is 0.418. The number of carbonyl (C=O) groups excluding carboxylic acids is 1. The molecule has 0 bridgehead atoms. The van der Waals surface area contributed by atoms with Crippen LogP contribution in [0.1, 0.15) is 40.3 Å². The average Bonchev–Trinajstić information content (AvgIpc) is 3.18. The zero-order chi connectivity index (χ0) is 23.4. The molecular weight excluding hydrogens is 414 g/mol. The van der Waals surface area contributed by atoms with Crippen LogP contribution in [0.4, 0.5) is 0 Å². The van der Waals surface area contributed by atoms with Crippen LogP contribution >= 0.6 is 0 Å². The predicted octanol–water partition coefficient (Wildman–Crippen LogP) is 4.58. The number of aliphatic hydroxyl groups excluding tert-OH is 1. The minimum atomic E-state index is -0.752. The van der Waals surface area contributed by atoms with E-state index in [9.17, 15) is 9.90 Å². The lowest BCUT2D eigenvalue weighted by atomic mass is 10.1. The van der Waals surface area contributed by atoms with E-state index < -0.39 is 6.10 Å². The van der Waals surface area contributed by atoms with E-state index in [1.54, 1.807) is 12.1 Å². The van der Waals surface area contributed by atoms with Gasteiger partial charge in [0.15, 0.2) is 0 Å². The zero-order valence-electron chi connectivity index (χ0n) is 19.2. The molecule has 0 aliphatic carbocycles. The van der Waals surface area contributed by atoms with Gasteiger partial charge in [0, 0.05) is 5.56 Å². The van der Waals surface area contributed by atoms with Gasteiger partial charge in [0.2, 0.25) is 0 Å². The van der Waals surface area contributed by atoms with Gasteiger partial charge in [-0.3, -0.25) is 4.79 Å².